The Balaban J connectivity index is 1.53. The number of nitrogens with one attached hydrogen (secondary N) is 2. The van der Waals surface area contributed by atoms with Crippen molar-refractivity contribution in [3.8, 4) is 17.1 Å². The molecule has 40 heavy (non-hydrogen) atoms. The van der Waals surface area contributed by atoms with Crippen LogP contribution in [0.2, 0.25) is 0 Å². The van der Waals surface area contributed by atoms with Crippen LogP contribution in [0, 0.1) is 5.92 Å². The summed E-state index contributed by atoms with van der Waals surface area (Å²) in [5, 5.41) is 6.58. The van der Waals surface area contributed by atoms with Crippen LogP contribution in [-0.2, 0) is 21.0 Å². The van der Waals surface area contributed by atoms with E-state index in [-0.39, 0.29) is 37.6 Å². The minimum absolute atomic E-state index is 0.0398. The van der Waals surface area contributed by atoms with Crippen LogP contribution in [0.1, 0.15) is 62.6 Å². The Kier molecular flexibility index (Phi) is 12.2. The van der Waals surface area contributed by atoms with Gasteiger partial charge in [0.1, 0.15) is 18.1 Å². The van der Waals surface area contributed by atoms with Crippen molar-refractivity contribution in [2.24, 2.45) is 5.92 Å². The average Bonchev–Trinajstić information content (AvgIpc) is 3.45. The van der Waals surface area contributed by atoms with Gasteiger partial charge >= 0.3 is 0 Å². The van der Waals surface area contributed by atoms with Gasteiger partial charge in [-0.15, -0.1) is 0 Å². The molecule has 214 valence electrons. The number of furan rings is 1. The molecule has 1 heterocycles. The van der Waals surface area contributed by atoms with Gasteiger partial charge in [-0.25, -0.2) is 5.06 Å². The first-order valence-corrected chi connectivity index (χ1v) is 13.7. The quantitative estimate of drug-likeness (QED) is 0.102. The number of unbranched alkanes of at least 4 members (excludes halogenated alkanes) is 2. The van der Waals surface area contributed by atoms with Gasteiger partial charge in [0.2, 0.25) is 12.3 Å². The van der Waals surface area contributed by atoms with E-state index in [1.807, 2.05) is 68.4 Å². The highest BCUT2D eigenvalue weighted by molar-refractivity contribution is 5.92. The number of ether oxygens (including phenoxy) is 1. The van der Waals surface area contributed by atoms with Crippen molar-refractivity contribution in [3.05, 3.63) is 78.1 Å². The molecule has 2 N–H and O–H groups in total. The summed E-state index contributed by atoms with van der Waals surface area (Å²) in [7, 11) is 0. The Bertz CT molecular complexity index is 1210. The Morgan fingerprint density at radius 1 is 1.00 bits per heavy atom. The normalized spacial score (nSPS) is 11.6. The molecule has 0 spiro atoms. The maximum atomic E-state index is 13.0. The Morgan fingerprint density at radius 3 is 2.52 bits per heavy atom. The summed E-state index contributed by atoms with van der Waals surface area (Å²) in [6, 6.07) is 20.2. The van der Waals surface area contributed by atoms with Gasteiger partial charge in [-0.3, -0.25) is 19.2 Å². The second kappa shape index (κ2) is 16.1. The maximum Gasteiger partial charge on any atom is 0.288 e. The summed E-state index contributed by atoms with van der Waals surface area (Å²) in [5.41, 5.74) is 1.70. The molecule has 3 amide bonds. The fourth-order valence-corrected chi connectivity index (χ4v) is 4.07. The van der Waals surface area contributed by atoms with Gasteiger partial charge in [-0.05, 0) is 50.1 Å². The number of carbonyl (C=O) groups is 3. The molecule has 0 aliphatic rings. The summed E-state index contributed by atoms with van der Waals surface area (Å²) in [4.78, 5) is 42.9. The lowest BCUT2D eigenvalue weighted by Gasteiger charge is -2.23. The van der Waals surface area contributed by atoms with Crippen LogP contribution >= 0.6 is 0 Å². The van der Waals surface area contributed by atoms with Gasteiger partial charge in [0, 0.05) is 5.56 Å². The molecule has 9 heteroatoms. The lowest BCUT2D eigenvalue weighted by atomic mass is 10.0. The van der Waals surface area contributed by atoms with Gasteiger partial charge in [0.15, 0.2) is 5.76 Å². The highest BCUT2D eigenvalue weighted by Gasteiger charge is 2.22. The molecular weight excluding hydrogens is 510 g/mol. The van der Waals surface area contributed by atoms with E-state index in [4.69, 9.17) is 14.0 Å². The number of rotatable bonds is 17. The molecule has 0 bridgehead atoms. The minimum Gasteiger partial charge on any atom is -0.491 e. The number of nitrogens with zero attached hydrogens (tertiary/aromatic N) is 1. The van der Waals surface area contributed by atoms with Crippen LogP contribution in [0.5, 0.6) is 5.75 Å². The zero-order chi connectivity index (χ0) is 28.7. The summed E-state index contributed by atoms with van der Waals surface area (Å²) >= 11 is 0. The molecular formula is C31H39N3O6. The molecule has 3 aromatic rings. The van der Waals surface area contributed by atoms with Crippen LogP contribution in [-0.4, -0.2) is 42.6 Å². The number of benzene rings is 2. The third kappa shape index (κ3) is 9.89. The first-order chi connectivity index (χ1) is 19.4. The second-order valence-electron chi connectivity index (χ2n) is 9.74. The smallest absolute Gasteiger partial charge is 0.288 e. The van der Waals surface area contributed by atoms with Crippen LogP contribution in [0.15, 0.2) is 71.1 Å². The Labute approximate surface area is 235 Å². The number of hydrogen-bond donors (Lipinski definition) is 2. The van der Waals surface area contributed by atoms with Crippen molar-refractivity contribution in [2.75, 3.05) is 13.2 Å². The van der Waals surface area contributed by atoms with Crippen molar-refractivity contribution in [1.82, 2.24) is 15.7 Å². The second-order valence-corrected chi connectivity index (χ2v) is 9.74. The molecule has 9 nitrogen and oxygen atoms in total. The van der Waals surface area contributed by atoms with Gasteiger partial charge in [0.05, 0.1) is 25.2 Å². The average molecular weight is 550 g/mol. The molecule has 2 aromatic carbocycles. The molecule has 0 radical (unpaired) electrons. The van der Waals surface area contributed by atoms with Gasteiger partial charge < -0.3 is 19.8 Å². The van der Waals surface area contributed by atoms with Crippen molar-refractivity contribution in [2.45, 2.75) is 59.2 Å². The summed E-state index contributed by atoms with van der Waals surface area (Å²) in [5.74, 6) is 0.159. The zero-order valence-electron chi connectivity index (χ0n) is 23.4. The fourth-order valence-electron chi connectivity index (χ4n) is 4.07. The van der Waals surface area contributed by atoms with Crippen LogP contribution in [0.25, 0.3) is 11.3 Å². The third-order valence-corrected chi connectivity index (χ3v) is 6.12. The Morgan fingerprint density at radius 2 is 1.80 bits per heavy atom. The molecule has 0 saturated heterocycles. The van der Waals surface area contributed by atoms with Gasteiger partial charge in [-0.2, -0.15) is 0 Å². The van der Waals surface area contributed by atoms with E-state index in [0.717, 1.165) is 35.5 Å². The van der Waals surface area contributed by atoms with Crippen LogP contribution in [0.3, 0.4) is 0 Å². The SMILES string of the molecule is CCCCC[C@H](CN(C=O)OCc1ccccc1)C(=O)NCNC(=O)c1ccc(-c2cccc(OC(C)C)c2)o1. The van der Waals surface area contributed by atoms with Crippen molar-refractivity contribution in [1.29, 1.82) is 0 Å². The first-order valence-electron chi connectivity index (χ1n) is 13.7. The van der Waals surface area contributed by atoms with E-state index in [9.17, 15) is 14.4 Å². The molecule has 0 fully saturated rings. The molecule has 1 atom stereocenters. The predicted molar refractivity (Wildman–Crippen MR) is 152 cm³/mol. The Hall–Kier alpha value is -4.11. The summed E-state index contributed by atoms with van der Waals surface area (Å²) in [6.45, 7) is 6.24. The van der Waals surface area contributed by atoms with E-state index in [0.29, 0.717) is 24.3 Å². The molecule has 0 unspecified atom stereocenters. The molecule has 1 aromatic heterocycles. The number of hydrogen-bond acceptors (Lipinski definition) is 6. The van der Waals surface area contributed by atoms with Crippen molar-refractivity contribution >= 4 is 18.2 Å². The summed E-state index contributed by atoms with van der Waals surface area (Å²) in [6.07, 6.45) is 4.03. The largest absolute Gasteiger partial charge is 0.491 e. The standard InChI is InChI=1S/C31H39N3O6/c1-4-5-7-13-26(19-34(22-35)38-20-24-11-8-6-9-12-24)30(36)32-21-33-31(37)29-17-16-28(40-29)25-14-10-15-27(18-25)39-23(2)3/h6,8-12,14-18,22-23,26H,4-5,7,13,19-21H2,1-3H3,(H,32,36)(H,33,37)/t26-/m1/s1. The molecule has 0 aliphatic heterocycles. The monoisotopic (exact) mass is 549 g/mol. The lowest BCUT2D eigenvalue weighted by molar-refractivity contribution is -0.182. The topological polar surface area (TPSA) is 110 Å². The highest BCUT2D eigenvalue weighted by Crippen LogP contribution is 2.26. The van der Waals surface area contributed by atoms with Crippen LogP contribution < -0.4 is 15.4 Å². The molecule has 0 aliphatic carbocycles. The first kappa shape index (κ1) is 30.4. The number of carbonyl (C=O) groups excluding carboxylic acids is 3. The number of hydroxylamine groups is 2. The van der Waals surface area contributed by atoms with E-state index in [1.54, 1.807) is 12.1 Å². The van der Waals surface area contributed by atoms with E-state index >= 15 is 0 Å². The van der Waals surface area contributed by atoms with Gasteiger partial charge in [0.25, 0.3) is 5.91 Å². The molecule has 3 rings (SSSR count). The lowest BCUT2D eigenvalue weighted by Crippen LogP contribution is -2.43. The fraction of sp³-hybridized carbons (Fsp3) is 0.387. The van der Waals surface area contributed by atoms with E-state index in [1.165, 1.54) is 0 Å². The van der Waals surface area contributed by atoms with Crippen molar-refractivity contribution < 1.29 is 28.4 Å². The summed E-state index contributed by atoms with van der Waals surface area (Å²) < 4.78 is 11.5. The van der Waals surface area contributed by atoms with Crippen molar-refractivity contribution in [3.63, 3.8) is 0 Å². The molecule has 0 saturated carbocycles. The number of amides is 3. The zero-order valence-corrected chi connectivity index (χ0v) is 23.4. The van der Waals surface area contributed by atoms with E-state index in [2.05, 4.69) is 17.6 Å². The highest BCUT2D eigenvalue weighted by atomic mass is 16.7. The predicted octanol–water partition coefficient (Wildman–Crippen LogP) is 5.32. The third-order valence-electron chi connectivity index (χ3n) is 6.12. The minimum atomic E-state index is -0.486. The van der Waals surface area contributed by atoms with E-state index < -0.39 is 11.8 Å². The van der Waals surface area contributed by atoms with Gasteiger partial charge in [-0.1, -0.05) is 68.7 Å². The van der Waals surface area contributed by atoms with Crippen LogP contribution in [0.4, 0.5) is 0 Å². The maximum absolute atomic E-state index is 13.0.